The average Bonchev–Trinajstić information content (AvgIpc) is 2.03. The van der Waals surface area contributed by atoms with Gasteiger partial charge in [0.1, 0.15) is 0 Å². The van der Waals surface area contributed by atoms with Gasteiger partial charge in [-0.25, -0.2) is 0 Å². The van der Waals surface area contributed by atoms with E-state index in [1.807, 2.05) is 31.2 Å². The average molecular weight is 138 g/mol. The van der Waals surface area contributed by atoms with E-state index in [4.69, 9.17) is 9.47 Å². The summed E-state index contributed by atoms with van der Waals surface area (Å²) in [5.74, 6) is 0. The Morgan fingerprint density at radius 3 is 3.00 bits per heavy atom. The molecule has 2 heteroatoms. The summed E-state index contributed by atoms with van der Waals surface area (Å²) in [6.45, 7) is 1.89. The van der Waals surface area contributed by atoms with Crippen LogP contribution in [0.25, 0.3) is 0 Å². The van der Waals surface area contributed by atoms with Gasteiger partial charge in [-0.2, -0.15) is 0 Å². The van der Waals surface area contributed by atoms with Crippen molar-refractivity contribution in [2.45, 2.75) is 13.2 Å². The summed E-state index contributed by atoms with van der Waals surface area (Å²) in [7, 11) is 0. The van der Waals surface area contributed by atoms with Crippen LogP contribution < -0.4 is 0 Å². The standard InChI is InChI=1S/C8H10O2/c1-2-6-9-8-5-3-4-7-10-8/h2-8H,1H3. The van der Waals surface area contributed by atoms with E-state index < -0.39 is 0 Å². The largest absolute Gasteiger partial charge is 0.459 e. The predicted octanol–water partition coefficient (Wildman–Crippen LogP) is 1.96. The molecule has 1 atom stereocenters. The molecule has 0 saturated heterocycles. The minimum atomic E-state index is -0.249. The molecule has 1 rings (SSSR count). The zero-order chi connectivity index (χ0) is 7.23. The van der Waals surface area contributed by atoms with Gasteiger partial charge in [-0.15, -0.1) is 0 Å². The first-order chi connectivity index (χ1) is 4.93. The monoisotopic (exact) mass is 138 g/mol. The fraction of sp³-hybridized carbons (Fsp3) is 0.250. The summed E-state index contributed by atoms with van der Waals surface area (Å²) < 4.78 is 10.1. The fourth-order valence-electron chi connectivity index (χ4n) is 0.602. The van der Waals surface area contributed by atoms with E-state index in [9.17, 15) is 0 Å². The number of allylic oxidation sites excluding steroid dienone is 3. The van der Waals surface area contributed by atoms with Gasteiger partial charge in [-0.1, -0.05) is 12.2 Å². The zero-order valence-corrected chi connectivity index (χ0v) is 5.86. The van der Waals surface area contributed by atoms with E-state index in [0.717, 1.165) is 0 Å². The second-order valence-corrected chi connectivity index (χ2v) is 1.82. The molecule has 0 bridgehead atoms. The van der Waals surface area contributed by atoms with Crippen LogP contribution in [0.5, 0.6) is 0 Å². The Morgan fingerprint density at radius 1 is 1.50 bits per heavy atom. The van der Waals surface area contributed by atoms with Gasteiger partial charge in [0.25, 0.3) is 6.29 Å². The van der Waals surface area contributed by atoms with Gasteiger partial charge in [0, 0.05) is 0 Å². The Hall–Kier alpha value is -1.18. The number of ether oxygens (including phenoxy) is 2. The Morgan fingerprint density at radius 2 is 2.40 bits per heavy atom. The molecule has 0 spiro atoms. The third-order valence-electron chi connectivity index (χ3n) is 1.02. The van der Waals surface area contributed by atoms with E-state index in [1.54, 1.807) is 12.5 Å². The number of rotatable bonds is 2. The van der Waals surface area contributed by atoms with Crippen molar-refractivity contribution in [1.82, 2.24) is 0 Å². The summed E-state index contributed by atoms with van der Waals surface area (Å²) in [5.41, 5.74) is 0. The molecular formula is C8H10O2. The van der Waals surface area contributed by atoms with Crippen molar-refractivity contribution in [3.8, 4) is 0 Å². The molecule has 0 amide bonds. The molecule has 0 aromatic rings. The Bertz CT molecular complexity index is 168. The maximum absolute atomic E-state index is 5.09. The molecule has 1 heterocycles. The van der Waals surface area contributed by atoms with Crippen molar-refractivity contribution in [3.05, 3.63) is 36.8 Å². The lowest BCUT2D eigenvalue weighted by atomic mass is 10.4. The van der Waals surface area contributed by atoms with E-state index in [0.29, 0.717) is 0 Å². The molecule has 0 fully saturated rings. The molecule has 0 aliphatic carbocycles. The van der Waals surface area contributed by atoms with E-state index >= 15 is 0 Å². The van der Waals surface area contributed by atoms with Gasteiger partial charge in [0.05, 0.1) is 12.5 Å². The third-order valence-corrected chi connectivity index (χ3v) is 1.02. The maximum Gasteiger partial charge on any atom is 0.259 e. The molecule has 1 aliphatic rings. The first-order valence-electron chi connectivity index (χ1n) is 3.19. The molecule has 10 heavy (non-hydrogen) atoms. The first kappa shape index (κ1) is 6.93. The van der Waals surface area contributed by atoms with Gasteiger partial charge < -0.3 is 9.47 Å². The van der Waals surface area contributed by atoms with Crippen molar-refractivity contribution >= 4 is 0 Å². The summed E-state index contributed by atoms with van der Waals surface area (Å²) in [4.78, 5) is 0. The molecule has 0 saturated carbocycles. The van der Waals surface area contributed by atoms with Crippen LogP contribution in [-0.2, 0) is 9.47 Å². The smallest absolute Gasteiger partial charge is 0.259 e. The van der Waals surface area contributed by atoms with Crippen molar-refractivity contribution in [2.24, 2.45) is 0 Å². The van der Waals surface area contributed by atoms with Crippen LogP contribution in [0.3, 0.4) is 0 Å². The summed E-state index contributed by atoms with van der Waals surface area (Å²) in [6.07, 6.45) is 10.3. The van der Waals surface area contributed by atoms with Crippen LogP contribution in [0.4, 0.5) is 0 Å². The van der Waals surface area contributed by atoms with Gasteiger partial charge in [0.2, 0.25) is 0 Å². The highest BCUT2D eigenvalue weighted by Crippen LogP contribution is 2.03. The van der Waals surface area contributed by atoms with Crippen LogP contribution in [0, 0.1) is 0 Å². The Labute approximate surface area is 60.4 Å². The molecule has 0 aromatic heterocycles. The van der Waals surface area contributed by atoms with Crippen molar-refractivity contribution in [1.29, 1.82) is 0 Å². The first-order valence-corrected chi connectivity index (χ1v) is 3.19. The summed E-state index contributed by atoms with van der Waals surface area (Å²) in [6, 6.07) is 0. The normalized spacial score (nSPS) is 23.1. The molecule has 54 valence electrons. The van der Waals surface area contributed by atoms with Crippen molar-refractivity contribution in [2.75, 3.05) is 0 Å². The minimum Gasteiger partial charge on any atom is -0.459 e. The molecule has 1 unspecified atom stereocenters. The lowest BCUT2D eigenvalue weighted by molar-refractivity contribution is -0.0252. The van der Waals surface area contributed by atoms with Crippen molar-refractivity contribution < 1.29 is 9.47 Å². The van der Waals surface area contributed by atoms with Crippen LogP contribution >= 0.6 is 0 Å². The number of hydrogen-bond donors (Lipinski definition) is 0. The highest BCUT2D eigenvalue weighted by atomic mass is 16.7. The molecular weight excluding hydrogens is 128 g/mol. The van der Waals surface area contributed by atoms with Crippen LogP contribution in [-0.4, -0.2) is 6.29 Å². The highest BCUT2D eigenvalue weighted by Gasteiger charge is 2.01. The zero-order valence-electron chi connectivity index (χ0n) is 5.86. The lowest BCUT2D eigenvalue weighted by Gasteiger charge is -2.13. The number of hydrogen-bond acceptors (Lipinski definition) is 2. The Balaban J connectivity index is 2.30. The maximum atomic E-state index is 5.09. The minimum absolute atomic E-state index is 0.249. The van der Waals surface area contributed by atoms with Gasteiger partial charge in [-0.3, -0.25) is 0 Å². The van der Waals surface area contributed by atoms with E-state index in [2.05, 4.69) is 0 Å². The summed E-state index contributed by atoms with van der Waals surface area (Å²) in [5, 5.41) is 0. The molecule has 2 nitrogen and oxygen atoms in total. The predicted molar refractivity (Wildman–Crippen MR) is 39.1 cm³/mol. The molecule has 1 aliphatic heterocycles. The van der Waals surface area contributed by atoms with Gasteiger partial charge in [-0.05, 0) is 19.1 Å². The second kappa shape index (κ2) is 3.77. The molecule has 0 aromatic carbocycles. The lowest BCUT2D eigenvalue weighted by Crippen LogP contribution is -2.09. The fourth-order valence-corrected chi connectivity index (χ4v) is 0.602. The topological polar surface area (TPSA) is 18.5 Å². The van der Waals surface area contributed by atoms with E-state index in [-0.39, 0.29) is 6.29 Å². The van der Waals surface area contributed by atoms with Gasteiger partial charge >= 0.3 is 0 Å². The van der Waals surface area contributed by atoms with Crippen LogP contribution in [0.2, 0.25) is 0 Å². The van der Waals surface area contributed by atoms with Crippen LogP contribution in [0.1, 0.15) is 6.92 Å². The van der Waals surface area contributed by atoms with Crippen molar-refractivity contribution in [3.63, 3.8) is 0 Å². The molecule has 0 N–H and O–H groups in total. The quantitative estimate of drug-likeness (QED) is 0.543. The second-order valence-electron chi connectivity index (χ2n) is 1.82. The third kappa shape index (κ3) is 1.97. The van der Waals surface area contributed by atoms with Crippen LogP contribution in [0.15, 0.2) is 36.8 Å². The molecule has 0 radical (unpaired) electrons. The Kier molecular flexibility index (Phi) is 2.62. The highest BCUT2D eigenvalue weighted by molar-refractivity contribution is 5.05. The SMILES string of the molecule is CC=COC1C=CC=CO1. The summed E-state index contributed by atoms with van der Waals surface area (Å²) >= 11 is 0. The van der Waals surface area contributed by atoms with Gasteiger partial charge in [0.15, 0.2) is 0 Å². The van der Waals surface area contributed by atoms with E-state index in [1.165, 1.54) is 0 Å².